The van der Waals surface area contributed by atoms with E-state index in [9.17, 15) is 4.79 Å². The van der Waals surface area contributed by atoms with Crippen LogP contribution >= 0.6 is 27.3 Å². The summed E-state index contributed by atoms with van der Waals surface area (Å²) in [4.78, 5) is 12.6. The topological polar surface area (TPSA) is 29.1 Å². The van der Waals surface area contributed by atoms with Gasteiger partial charge in [-0.2, -0.15) is 0 Å². The predicted octanol–water partition coefficient (Wildman–Crippen LogP) is 2.19. The first kappa shape index (κ1) is 8.41. The van der Waals surface area contributed by atoms with Crippen LogP contribution < -0.4 is 5.32 Å². The SMILES string of the molecule is O=C1CCNCc2sc(Br)cc21. The molecule has 0 aromatic carbocycles. The van der Waals surface area contributed by atoms with E-state index >= 15 is 0 Å². The summed E-state index contributed by atoms with van der Waals surface area (Å²) in [6.07, 6.45) is 0.621. The van der Waals surface area contributed by atoms with Crippen LogP contribution in [0.25, 0.3) is 0 Å². The minimum absolute atomic E-state index is 0.261. The van der Waals surface area contributed by atoms with Crippen molar-refractivity contribution in [3.05, 3.63) is 20.3 Å². The van der Waals surface area contributed by atoms with E-state index < -0.39 is 0 Å². The van der Waals surface area contributed by atoms with Gasteiger partial charge in [0.1, 0.15) is 0 Å². The van der Waals surface area contributed by atoms with Crippen LogP contribution in [-0.2, 0) is 6.54 Å². The Morgan fingerprint density at radius 3 is 3.25 bits per heavy atom. The van der Waals surface area contributed by atoms with E-state index in [1.54, 1.807) is 11.3 Å². The lowest BCUT2D eigenvalue weighted by atomic mass is 10.1. The molecule has 2 heterocycles. The molecule has 12 heavy (non-hydrogen) atoms. The molecule has 0 fully saturated rings. The summed E-state index contributed by atoms with van der Waals surface area (Å²) in [7, 11) is 0. The van der Waals surface area contributed by atoms with Gasteiger partial charge in [-0.25, -0.2) is 0 Å². The van der Waals surface area contributed by atoms with Crippen molar-refractivity contribution in [2.24, 2.45) is 0 Å². The van der Waals surface area contributed by atoms with Crippen LogP contribution in [0.5, 0.6) is 0 Å². The minimum atomic E-state index is 0.261. The van der Waals surface area contributed by atoms with Gasteiger partial charge in [0, 0.05) is 30.0 Å². The predicted molar refractivity (Wildman–Crippen MR) is 52.7 cm³/mol. The monoisotopic (exact) mass is 245 g/mol. The highest BCUT2D eigenvalue weighted by Gasteiger charge is 2.17. The molecule has 0 radical (unpaired) electrons. The van der Waals surface area contributed by atoms with Crippen LogP contribution in [-0.4, -0.2) is 12.3 Å². The normalized spacial score (nSPS) is 17.2. The standard InChI is InChI=1S/C8H8BrNOS/c9-8-3-5-6(11)1-2-10-4-7(5)12-8/h3,10H,1-2,4H2. The van der Waals surface area contributed by atoms with Gasteiger partial charge in [0.05, 0.1) is 3.79 Å². The van der Waals surface area contributed by atoms with Gasteiger partial charge in [-0.3, -0.25) is 4.79 Å². The Labute approximate surface area is 83.1 Å². The molecule has 2 nitrogen and oxygen atoms in total. The Bertz CT molecular complexity index is 321. The van der Waals surface area contributed by atoms with E-state index in [1.807, 2.05) is 6.07 Å². The van der Waals surface area contributed by atoms with Crippen molar-refractivity contribution in [3.63, 3.8) is 0 Å². The number of Topliss-reactive ketones (excluding diaryl/α,β-unsaturated/α-hetero) is 1. The lowest BCUT2D eigenvalue weighted by Gasteiger charge is -1.93. The molecule has 1 aromatic heterocycles. The number of thiophene rings is 1. The summed E-state index contributed by atoms with van der Waals surface area (Å²) in [6, 6.07) is 1.93. The second kappa shape index (κ2) is 3.28. The zero-order valence-electron chi connectivity index (χ0n) is 6.39. The summed E-state index contributed by atoms with van der Waals surface area (Å²) in [5.41, 5.74) is 0.900. The number of ketones is 1. The number of nitrogens with one attached hydrogen (secondary N) is 1. The van der Waals surface area contributed by atoms with Crippen molar-refractivity contribution in [3.8, 4) is 0 Å². The molecule has 0 saturated heterocycles. The number of fused-ring (bicyclic) bond motifs is 1. The molecular formula is C8H8BrNOS. The van der Waals surface area contributed by atoms with Crippen LogP contribution in [0.15, 0.2) is 9.85 Å². The van der Waals surface area contributed by atoms with Crippen LogP contribution in [0, 0.1) is 0 Å². The average molecular weight is 246 g/mol. The van der Waals surface area contributed by atoms with Gasteiger partial charge in [-0.05, 0) is 22.0 Å². The molecule has 64 valence electrons. The molecule has 0 aliphatic carbocycles. The largest absolute Gasteiger partial charge is 0.311 e. The molecule has 0 atom stereocenters. The Morgan fingerprint density at radius 1 is 1.58 bits per heavy atom. The molecule has 2 rings (SSSR count). The zero-order chi connectivity index (χ0) is 8.55. The van der Waals surface area contributed by atoms with Gasteiger partial charge in [-0.15, -0.1) is 11.3 Å². The van der Waals surface area contributed by atoms with Crippen molar-refractivity contribution >= 4 is 33.0 Å². The van der Waals surface area contributed by atoms with Crippen LogP contribution in [0.4, 0.5) is 0 Å². The maximum absolute atomic E-state index is 11.5. The van der Waals surface area contributed by atoms with E-state index in [0.717, 1.165) is 27.3 Å². The summed E-state index contributed by atoms with van der Waals surface area (Å²) in [6.45, 7) is 1.63. The van der Waals surface area contributed by atoms with E-state index in [1.165, 1.54) is 0 Å². The van der Waals surface area contributed by atoms with E-state index in [-0.39, 0.29) is 5.78 Å². The zero-order valence-corrected chi connectivity index (χ0v) is 8.80. The quantitative estimate of drug-likeness (QED) is 0.760. The molecule has 1 aliphatic heterocycles. The number of hydrogen-bond acceptors (Lipinski definition) is 3. The molecule has 0 bridgehead atoms. The number of halogens is 1. The number of carbonyl (C=O) groups excluding carboxylic acids is 1. The van der Waals surface area contributed by atoms with Gasteiger partial charge in [0.2, 0.25) is 0 Å². The third kappa shape index (κ3) is 1.46. The Kier molecular flexibility index (Phi) is 2.30. The number of carbonyl (C=O) groups is 1. The smallest absolute Gasteiger partial charge is 0.165 e. The van der Waals surface area contributed by atoms with Gasteiger partial charge in [0.25, 0.3) is 0 Å². The summed E-state index contributed by atoms with van der Waals surface area (Å²) in [5.74, 6) is 0.261. The lowest BCUT2D eigenvalue weighted by Crippen LogP contribution is -2.12. The number of hydrogen-bond donors (Lipinski definition) is 1. The fourth-order valence-corrected chi connectivity index (χ4v) is 2.99. The first-order chi connectivity index (χ1) is 5.77. The minimum Gasteiger partial charge on any atom is -0.311 e. The van der Waals surface area contributed by atoms with E-state index in [2.05, 4.69) is 21.2 Å². The molecule has 0 spiro atoms. The molecular weight excluding hydrogens is 238 g/mol. The third-order valence-corrected chi connectivity index (χ3v) is 3.53. The first-order valence-electron chi connectivity index (χ1n) is 3.79. The van der Waals surface area contributed by atoms with Gasteiger partial charge in [0.15, 0.2) is 5.78 Å². The maximum Gasteiger partial charge on any atom is 0.165 e. The van der Waals surface area contributed by atoms with Crippen LogP contribution in [0.2, 0.25) is 0 Å². The summed E-state index contributed by atoms with van der Waals surface area (Å²) >= 11 is 5.02. The van der Waals surface area contributed by atoms with Crippen molar-refractivity contribution in [1.82, 2.24) is 5.32 Å². The highest BCUT2D eigenvalue weighted by molar-refractivity contribution is 9.11. The van der Waals surface area contributed by atoms with Gasteiger partial charge >= 0.3 is 0 Å². The molecule has 4 heteroatoms. The van der Waals surface area contributed by atoms with Crippen molar-refractivity contribution in [2.45, 2.75) is 13.0 Å². The van der Waals surface area contributed by atoms with Gasteiger partial charge < -0.3 is 5.32 Å². The molecule has 1 N–H and O–H groups in total. The molecule has 0 amide bonds. The molecule has 1 aromatic rings. The highest BCUT2D eigenvalue weighted by Crippen LogP contribution is 2.28. The molecule has 1 aliphatic rings. The van der Waals surface area contributed by atoms with Crippen LogP contribution in [0.1, 0.15) is 21.7 Å². The Hall–Kier alpha value is -0.190. The van der Waals surface area contributed by atoms with Crippen molar-refractivity contribution < 1.29 is 4.79 Å². The first-order valence-corrected chi connectivity index (χ1v) is 5.40. The second-order valence-corrected chi connectivity index (χ2v) is 5.25. The maximum atomic E-state index is 11.5. The van der Waals surface area contributed by atoms with Gasteiger partial charge in [-0.1, -0.05) is 0 Å². The van der Waals surface area contributed by atoms with Crippen LogP contribution in [0.3, 0.4) is 0 Å². The third-order valence-electron chi connectivity index (χ3n) is 1.89. The highest BCUT2D eigenvalue weighted by atomic mass is 79.9. The summed E-state index contributed by atoms with van der Waals surface area (Å²) < 4.78 is 1.05. The fraction of sp³-hybridized carbons (Fsp3) is 0.375. The molecule has 0 unspecified atom stereocenters. The number of rotatable bonds is 0. The van der Waals surface area contributed by atoms with E-state index in [4.69, 9.17) is 0 Å². The van der Waals surface area contributed by atoms with E-state index in [0.29, 0.717) is 6.42 Å². The second-order valence-electron chi connectivity index (χ2n) is 2.74. The fourth-order valence-electron chi connectivity index (χ4n) is 1.30. The van der Waals surface area contributed by atoms with Crippen molar-refractivity contribution in [2.75, 3.05) is 6.54 Å². The lowest BCUT2D eigenvalue weighted by molar-refractivity contribution is 0.0985. The Balaban J connectivity index is 2.44. The summed E-state index contributed by atoms with van der Waals surface area (Å²) in [5, 5.41) is 3.22. The molecule has 0 saturated carbocycles. The van der Waals surface area contributed by atoms with Crippen molar-refractivity contribution in [1.29, 1.82) is 0 Å². The Morgan fingerprint density at radius 2 is 2.42 bits per heavy atom. The average Bonchev–Trinajstić information content (AvgIpc) is 2.33.